The van der Waals surface area contributed by atoms with E-state index in [0.29, 0.717) is 17.7 Å². The maximum atomic E-state index is 12.5. The van der Waals surface area contributed by atoms with E-state index in [0.717, 1.165) is 0 Å². The van der Waals surface area contributed by atoms with E-state index < -0.39 is 15.4 Å². The number of hydrogen-bond acceptors (Lipinski definition) is 4. The van der Waals surface area contributed by atoms with Crippen molar-refractivity contribution in [2.75, 3.05) is 6.54 Å². The average Bonchev–Trinajstić information content (AvgIpc) is 2.53. The van der Waals surface area contributed by atoms with Crippen LogP contribution in [0.1, 0.15) is 29.8 Å². The zero-order valence-corrected chi connectivity index (χ0v) is 14.6. The van der Waals surface area contributed by atoms with E-state index in [1.807, 2.05) is 0 Å². The summed E-state index contributed by atoms with van der Waals surface area (Å²) in [4.78, 5) is 12.6. The van der Waals surface area contributed by atoms with E-state index in [1.54, 1.807) is 68.4 Å². The van der Waals surface area contributed by atoms with Gasteiger partial charge in [-0.3, -0.25) is 4.79 Å². The second-order valence-corrected chi connectivity index (χ2v) is 8.39. The molecule has 0 radical (unpaired) electrons. The molecule has 0 fully saturated rings. The van der Waals surface area contributed by atoms with E-state index in [-0.39, 0.29) is 16.6 Å². The maximum Gasteiger partial charge on any atom is 0.251 e. The lowest BCUT2D eigenvalue weighted by Gasteiger charge is -2.19. The number of amides is 1. The van der Waals surface area contributed by atoms with Gasteiger partial charge in [0.2, 0.25) is 0 Å². The maximum absolute atomic E-state index is 12.5. The molecule has 0 atom stereocenters. The summed E-state index contributed by atoms with van der Waals surface area (Å²) in [5.74, 6) is -0.556. The van der Waals surface area contributed by atoms with Gasteiger partial charge in [-0.1, -0.05) is 36.4 Å². The van der Waals surface area contributed by atoms with Crippen LogP contribution in [0.3, 0.4) is 0 Å². The molecule has 0 aliphatic heterocycles. The molecule has 0 saturated heterocycles. The Kier molecular flexibility index (Phi) is 5.41. The van der Waals surface area contributed by atoms with Gasteiger partial charge < -0.3 is 11.1 Å². The minimum atomic E-state index is -3.52. The SMILES string of the molecule is CC(C)(N)CNC(=O)c1ccccc1CS(=O)(=O)c1ccccc1. The third kappa shape index (κ3) is 4.91. The fourth-order valence-electron chi connectivity index (χ4n) is 2.19. The zero-order valence-electron chi connectivity index (χ0n) is 13.8. The number of hydrogen-bond donors (Lipinski definition) is 2. The number of rotatable bonds is 6. The minimum absolute atomic E-state index is 0.230. The molecule has 0 aliphatic carbocycles. The van der Waals surface area contributed by atoms with E-state index in [1.165, 1.54) is 0 Å². The molecule has 0 aromatic heterocycles. The molecule has 128 valence electrons. The number of carbonyl (C=O) groups is 1. The fourth-order valence-corrected chi connectivity index (χ4v) is 3.59. The van der Waals surface area contributed by atoms with Crippen LogP contribution < -0.4 is 11.1 Å². The highest BCUT2D eigenvalue weighted by Crippen LogP contribution is 2.19. The normalized spacial score (nSPS) is 12.0. The summed E-state index contributed by atoms with van der Waals surface area (Å²) in [6.07, 6.45) is 0. The Hall–Kier alpha value is -2.18. The van der Waals surface area contributed by atoms with Crippen LogP contribution in [0.4, 0.5) is 0 Å². The molecule has 3 N–H and O–H groups in total. The lowest BCUT2D eigenvalue weighted by atomic mass is 10.1. The molecule has 2 aromatic rings. The van der Waals surface area contributed by atoms with Crippen LogP contribution in [0.25, 0.3) is 0 Å². The smallest absolute Gasteiger partial charge is 0.251 e. The van der Waals surface area contributed by atoms with Crippen LogP contribution in [-0.2, 0) is 15.6 Å². The van der Waals surface area contributed by atoms with Gasteiger partial charge in [0.1, 0.15) is 0 Å². The van der Waals surface area contributed by atoms with Crippen molar-refractivity contribution in [1.82, 2.24) is 5.32 Å². The van der Waals surface area contributed by atoms with Crippen molar-refractivity contribution in [3.05, 3.63) is 65.7 Å². The van der Waals surface area contributed by atoms with Gasteiger partial charge in [0, 0.05) is 17.6 Å². The Morgan fingerprint density at radius 3 is 2.25 bits per heavy atom. The predicted octanol–water partition coefficient (Wildman–Crippen LogP) is 2.13. The van der Waals surface area contributed by atoms with Gasteiger partial charge in [0.25, 0.3) is 5.91 Å². The Morgan fingerprint density at radius 1 is 1.04 bits per heavy atom. The highest BCUT2D eigenvalue weighted by molar-refractivity contribution is 7.90. The molecule has 2 rings (SSSR count). The lowest BCUT2D eigenvalue weighted by Crippen LogP contribution is -2.45. The molecule has 2 aromatic carbocycles. The third-order valence-electron chi connectivity index (χ3n) is 3.41. The highest BCUT2D eigenvalue weighted by atomic mass is 32.2. The summed E-state index contributed by atoms with van der Waals surface area (Å²) < 4.78 is 25.1. The van der Waals surface area contributed by atoms with Crippen LogP contribution in [0.15, 0.2) is 59.5 Å². The largest absolute Gasteiger partial charge is 0.350 e. The standard InChI is InChI=1S/C18H22N2O3S/c1-18(2,19)13-20-17(21)16-11-7-6-8-14(16)12-24(22,23)15-9-4-3-5-10-15/h3-11H,12-13,19H2,1-2H3,(H,20,21). The first-order valence-corrected chi connectivity index (χ1v) is 9.27. The second kappa shape index (κ2) is 7.15. The number of carbonyl (C=O) groups excluding carboxylic acids is 1. The Balaban J connectivity index is 2.25. The van der Waals surface area contributed by atoms with E-state index >= 15 is 0 Å². The summed E-state index contributed by atoms with van der Waals surface area (Å²) in [5.41, 5.74) is 6.14. The summed E-state index contributed by atoms with van der Waals surface area (Å²) in [7, 11) is -3.52. The summed E-state index contributed by atoms with van der Waals surface area (Å²) in [6, 6.07) is 14.9. The highest BCUT2D eigenvalue weighted by Gasteiger charge is 2.20. The van der Waals surface area contributed by atoms with Crippen molar-refractivity contribution in [1.29, 1.82) is 0 Å². The fraction of sp³-hybridized carbons (Fsp3) is 0.278. The number of nitrogens with one attached hydrogen (secondary N) is 1. The molecule has 0 spiro atoms. The quantitative estimate of drug-likeness (QED) is 0.838. The first-order valence-electron chi connectivity index (χ1n) is 7.62. The van der Waals surface area contributed by atoms with Gasteiger partial charge in [-0.25, -0.2) is 8.42 Å². The number of sulfone groups is 1. The number of benzene rings is 2. The van der Waals surface area contributed by atoms with Crippen LogP contribution >= 0.6 is 0 Å². The molecular formula is C18H22N2O3S. The van der Waals surface area contributed by atoms with Gasteiger partial charge in [-0.2, -0.15) is 0 Å². The zero-order chi connectivity index (χ0) is 17.8. The van der Waals surface area contributed by atoms with Crippen molar-refractivity contribution in [3.63, 3.8) is 0 Å². The van der Waals surface area contributed by atoms with Gasteiger partial charge >= 0.3 is 0 Å². The van der Waals surface area contributed by atoms with Crippen molar-refractivity contribution >= 4 is 15.7 Å². The Bertz CT molecular complexity index is 810. The molecule has 0 heterocycles. The molecule has 6 heteroatoms. The first kappa shape index (κ1) is 18.2. The lowest BCUT2D eigenvalue weighted by molar-refractivity contribution is 0.0945. The Labute approximate surface area is 142 Å². The Morgan fingerprint density at radius 2 is 1.62 bits per heavy atom. The van der Waals surface area contributed by atoms with E-state index in [4.69, 9.17) is 5.73 Å². The van der Waals surface area contributed by atoms with Crippen molar-refractivity contribution < 1.29 is 13.2 Å². The van der Waals surface area contributed by atoms with Gasteiger partial charge in [0.05, 0.1) is 10.6 Å². The third-order valence-corrected chi connectivity index (χ3v) is 5.10. The molecule has 24 heavy (non-hydrogen) atoms. The predicted molar refractivity (Wildman–Crippen MR) is 94.4 cm³/mol. The first-order chi connectivity index (χ1) is 11.2. The summed E-state index contributed by atoms with van der Waals surface area (Å²) >= 11 is 0. The van der Waals surface area contributed by atoms with Crippen LogP contribution in [0.5, 0.6) is 0 Å². The van der Waals surface area contributed by atoms with E-state index in [9.17, 15) is 13.2 Å². The molecular weight excluding hydrogens is 324 g/mol. The van der Waals surface area contributed by atoms with Crippen molar-refractivity contribution in [2.24, 2.45) is 5.73 Å². The monoisotopic (exact) mass is 346 g/mol. The van der Waals surface area contributed by atoms with Crippen LogP contribution in [0.2, 0.25) is 0 Å². The number of nitrogens with two attached hydrogens (primary N) is 1. The van der Waals surface area contributed by atoms with Gasteiger partial charge in [0.15, 0.2) is 9.84 Å². The van der Waals surface area contributed by atoms with E-state index in [2.05, 4.69) is 5.32 Å². The van der Waals surface area contributed by atoms with Crippen molar-refractivity contribution in [3.8, 4) is 0 Å². The van der Waals surface area contributed by atoms with Crippen LogP contribution in [-0.4, -0.2) is 26.4 Å². The molecule has 0 saturated carbocycles. The topological polar surface area (TPSA) is 89.3 Å². The second-order valence-electron chi connectivity index (χ2n) is 6.40. The molecule has 0 aliphatic rings. The molecule has 0 unspecified atom stereocenters. The average molecular weight is 346 g/mol. The summed E-state index contributed by atoms with van der Waals surface area (Å²) in [5, 5.41) is 2.75. The minimum Gasteiger partial charge on any atom is -0.350 e. The molecule has 5 nitrogen and oxygen atoms in total. The van der Waals surface area contributed by atoms with Gasteiger partial charge in [-0.15, -0.1) is 0 Å². The van der Waals surface area contributed by atoms with Gasteiger partial charge in [-0.05, 0) is 37.6 Å². The van der Waals surface area contributed by atoms with Crippen LogP contribution in [0, 0.1) is 0 Å². The molecule has 0 bridgehead atoms. The van der Waals surface area contributed by atoms with Crippen molar-refractivity contribution in [2.45, 2.75) is 30.0 Å². The summed E-state index contributed by atoms with van der Waals surface area (Å²) in [6.45, 7) is 3.91. The molecule has 1 amide bonds.